The predicted molar refractivity (Wildman–Crippen MR) is 208 cm³/mol. The number of nitro groups is 1. The average Bonchev–Trinajstić information content (AvgIpc) is 3.61. The summed E-state index contributed by atoms with van der Waals surface area (Å²) in [5.41, 5.74) is 0.160. The summed E-state index contributed by atoms with van der Waals surface area (Å²) in [7, 11) is -4.37. The molecule has 3 unspecified atom stereocenters. The second kappa shape index (κ2) is 19.1. The maximum absolute atomic E-state index is 14.5. The fourth-order valence-electron chi connectivity index (χ4n) is 6.00. The molecule has 14 nitrogen and oxygen atoms in total. The van der Waals surface area contributed by atoms with Crippen molar-refractivity contribution in [3.8, 4) is 0 Å². The number of β-lactam (4-membered cyclic amide) rings is 1. The van der Waals surface area contributed by atoms with Crippen LogP contribution in [-0.2, 0) is 43.7 Å². The van der Waals surface area contributed by atoms with Gasteiger partial charge in [0.05, 0.1) is 48.6 Å². The number of amidine groups is 1. The van der Waals surface area contributed by atoms with Crippen molar-refractivity contribution >= 4 is 61.6 Å². The van der Waals surface area contributed by atoms with Crippen LogP contribution in [0.5, 0.6) is 0 Å². The van der Waals surface area contributed by atoms with Crippen molar-refractivity contribution in [2.24, 2.45) is 10.9 Å². The predicted octanol–water partition coefficient (Wildman–Crippen LogP) is 6.65. The molecule has 0 bridgehead atoms. The molecule has 2 aliphatic heterocycles. The highest BCUT2D eigenvalue weighted by Gasteiger charge is 2.58. The highest BCUT2D eigenvalue weighted by Crippen LogP contribution is 2.55. The number of benzene rings is 1. The Kier molecular flexibility index (Phi) is 16.1. The number of likely N-dealkylation sites (tertiary alicyclic amines) is 2. The van der Waals surface area contributed by atoms with Crippen LogP contribution in [0.3, 0.4) is 0 Å². The first-order valence-electron chi connectivity index (χ1n) is 17.9. The Hall–Kier alpha value is -2.59. The van der Waals surface area contributed by atoms with E-state index in [4.69, 9.17) is 22.7 Å². The van der Waals surface area contributed by atoms with Crippen LogP contribution in [0.2, 0.25) is 18.1 Å². The zero-order valence-corrected chi connectivity index (χ0v) is 35.1. The second-order valence-electron chi connectivity index (χ2n) is 14.2. The highest BCUT2D eigenvalue weighted by molar-refractivity contribution is 8.14. The third-order valence-corrected chi connectivity index (χ3v) is 17.8. The average molecular weight is 785 g/mol. The van der Waals surface area contributed by atoms with Crippen LogP contribution in [0, 0.1) is 16.0 Å². The number of esters is 1. The lowest BCUT2D eigenvalue weighted by atomic mass is 9.81. The van der Waals surface area contributed by atoms with Crippen molar-refractivity contribution in [2.45, 2.75) is 105 Å². The van der Waals surface area contributed by atoms with Gasteiger partial charge in [0.1, 0.15) is 12.4 Å². The Morgan fingerprint density at radius 1 is 1.06 bits per heavy atom. The Morgan fingerprint density at radius 3 is 2.10 bits per heavy atom. The number of nitrogens with zero attached hydrogens (tertiary/aromatic N) is 4. The summed E-state index contributed by atoms with van der Waals surface area (Å²) in [4.78, 5) is 61.2. The zero-order chi connectivity index (χ0) is 38.9. The molecule has 2 fully saturated rings. The van der Waals surface area contributed by atoms with Crippen LogP contribution < -0.4 is 0 Å². The standard InChI is InChI=1S/C35H57N4O10PSSi/c1-11-46-50(47-12-2,48-13-3)33(34(42)45-23-26-16-18-27(19-17-26)39(43)44)38-28(22-30(40)51-24-29(36-8)37-20-14-15-21-37)31(32(38)41)25(4)49-52(9,10)35(5,6)7/h16-19,25,28,31H,11-15,20-24H2,1-10H3. The van der Waals surface area contributed by atoms with Gasteiger partial charge < -0.3 is 27.6 Å². The number of carbonyl (C=O) groups excluding carboxylic acids is 3. The molecular weight excluding hydrogens is 728 g/mol. The molecule has 3 rings (SSSR count). The van der Waals surface area contributed by atoms with E-state index in [1.54, 1.807) is 27.8 Å². The van der Waals surface area contributed by atoms with Crippen molar-refractivity contribution in [1.82, 2.24) is 9.80 Å². The first-order valence-corrected chi connectivity index (χ1v) is 23.4. The topological polar surface area (TPSA) is 159 Å². The van der Waals surface area contributed by atoms with Crippen LogP contribution in [0.15, 0.2) is 29.3 Å². The number of aliphatic imine (C=N–C) groups is 1. The molecule has 2 saturated heterocycles. The summed E-state index contributed by atoms with van der Waals surface area (Å²) in [5.74, 6) is -0.849. The molecule has 2 aliphatic rings. The number of amides is 1. The zero-order valence-electron chi connectivity index (χ0n) is 32.3. The van der Waals surface area contributed by atoms with Gasteiger partial charge in [0.2, 0.25) is 11.3 Å². The summed E-state index contributed by atoms with van der Waals surface area (Å²) >= 11 is 1.14. The van der Waals surface area contributed by atoms with Crippen LogP contribution >= 0.6 is 19.3 Å². The lowest BCUT2D eigenvalue weighted by Crippen LogP contribution is -2.69. The first kappa shape index (κ1) is 43.8. The van der Waals surface area contributed by atoms with E-state index in [1.165, 1.54) is 29.2 Å². The van der Waals surface area contributed by atoms with Crippen molar-refractivity contribution in [3.05, 3.63) is 39.9 Å². The normalized spacial score (nSPS) is 19.0. The van der Waals surface area contributed by atoms with E-state index in [0.717, 1.165) is 43.5 Å². The number of thioether (sulfide) groups is 1. The van der Waals surface area contributed by atoms with Gasteiger partial charge in [0.25, 0.3) is 13.3 Å². The van der Waals surface area contributed by atoms with Gasteiger partial charge >= 0.3 is 5.97 Å². The number of hydrogen-bond donors (Lipinski definition) is 0. The number of rotatable bonds is 18. The minimum atomic E-state index is -3.74. The third-order valence-electron chi connectivity index (χ3n) is 9.61. The van der Waals surface area contributed by atoms with Gasteiger partial charge in [0, 0.05) is 38.7 Å². The van der Waals surface area contributed by atoms with Crippen LogP contribution in [0.4, 0.5) is 5.69 Å². The molecule has 2 heterocycles. The van der Waals surface area contributed by atoms with Crippen molar-refractivity contribution in [3.63, 3.8) is 0 Å². The number of ether oxygens (including phenoxy) is 1. The SMILES string of the molecule is CCOP(OCC)(OCC)=C(C(=O)OCc1ccc([N+](=O)[O-])cc1)N1C(=O)C(C(C)O[Si](C)(C)C(C)(C)C)C1CC(=O)SCC(=NC)N1CCCC1. The molecule has 1 aromatic carbocycles. The fourth-order valence-corrected chi connectivity index (χ4v) is 10.7. The number of carbonyl (C=O) groups is 3. The van der Waals surface area contributed by atoms with Gasteiger partial charge in [-0.25, -0.2) is 4.79 Å². The van der Waals surface area contributed by atoms with E-state index in [1.807, 2.05) is 6.92 Å². The van der Waals surface area contributed by atoms with Crippen molar-refractivity contribution in [2.75, 3.05) is 45.7 Å². The molecule has 17 heteroatoms. The van der Waals surface area contributed by atoms with Gasteiger partial charge in [-0.1, -0.05) is 32.5 Å². The summed E-state index contributed by atoms with van der Waals surface area (Å²) in [6.45, 7) is 19.4. The van der Waals surface area contributed by atoms with E-state index in [9.17, 15) is 24.5 Å². The van der Waals surface area contributed by atoms with E-state index in [0.29, 0.717) is 11.3 Å². The van der Waals surface area contributed by atoms with E-state index in [2.05, 4.69) is 43.8 Å². The molecule has 3 atom stereocenters. The maximum Gasteiger partial charge on any atom is 0.362 e. The van der Waals surface area contributed by atoms with E-state index >= 15 is 0 Å². The Bertz CT molecular complexity index is 1490. The minimum Gasteiger partial charge on any atom is -0.456 e. The Labute approximate surface area is 313 Å². The Balaban J connectivity index is 2.08. The molecule has 1 aromatic rings. The van der Waals surface area contributed by atoms with Gasteiger partial charge in [-0.2, -0.15) is 0 Å². The van der Waals surface area contributed by atoms with Crippen LogP contribution in [-0.4, -0.2) is 109 Å². The summed E-state index contributed by atoms with van der Waals surface area (Å²) < 4.78 is 30.9. The Morgan fingerprint density at radius 2 is 1.62 bits per heavy atom. The smallest absolute Gasteiger partial charge is 0.362 e. The van der Waals surface area contributed by atoms with Crippen LogP contribution in [0.1, 0.15) is 73.3 Å². The number of non-ortho nitro benzene ring substituents is 1. The maximum atomic E-state index is 14.5. The first-order chi connectivity index (χ1) is 24.5. The van der Waals surface area contributed by atoms with Gasteiger partial charge in [-0.3, -0.25) is 29.6 Å². The molecule has 52 heavy (non-hydrogen) atoms. The molecule has 292 valence electrons. The monoisotopic (exact) mass is 784 g/mol. The summed E-state index contributed by atoms with van der Waals surface area (Å²) in [6, 6.07) is 4.82. The van der Waals surface area contributed by atoms with Gasteiger partial charge in [-0.05, 0) is 76.4 Å². The molecule has 0 aromatic heterocycles. The molecular formula is C35H57N4O10PSSi. The fraction of sp³-hybridized carbons (Fsp3) is 0.686. The third kappa shape index (κ3) is 10.5. The van der Waals surface area contributed by atoms with Crippen molar-refractivity contribution < 1.29 is 42.0 Å². The van der Waals surface area contributed by atoms with E-state index < -0.39 is 50.7 Å². The summed E-state index contributed by atoms with van der Waals surface area (Å²) in [5, 5.41) is 10.9. The highest BCUT2D eigenvalue weighted by atomic mass is 32.2. The number of nitro benzene ring substituents is 1. The van der Waals surface area contributed by atoms with Crippen molar-refractivity contribution in [1.29, 1.82) is 0 Å². The lowest BCUT2D eigenvalue weighted by molar-refractivity contribution is -0.384. The molecule has 1 amide bonds. The lowest BCUT2D eigenvalue weighted by Gasteiger charge is -2.52. The second-order valence-corrected chi connectivity index (χ2v) is 22.1. The molecule has 0 aliphatic carbocycles. The summed E-state index contributed by atoms with van der Waals surface area (Å²) in [6.07, 6.45) is 1.51. The van der Waals surface area contributed by atoms with Gasteiger partial charge in [0.15, 0.2) is 13.4 Å². The van der Waals surface area contributed by atoms with Gasteiger partial charge in [-0.15, -0.1) is 0 Å². The molecule has 0 saturated carbocycles. The van der Waals surface area contributed by atoms with Crippen LogP contribution in [0.25, 0.3) is 0 Å². The minimum absolute atomic E-state index is 0.0766. The molecule has 0 spiro atoms. The molecule has 0 N–H and O–H groups in total. The molecule has 0 radical (unpaired) electrons. The largest absolute Gasteiger partial charge is 0.456 e. The van der Waals surface area contributed by atoms with E-state index in [-0.39, 0.29) is 54.1 Å². The number of hydrogen-bond acceptors (Lipinski definition) is 12. The quantitative estimate of drug-likeness (QED) is 0.0228.